The molecule has 0 saturated heterocycles. The van der Waals surface area contributed by atoms with E-state index >= 15 is 0 Å². The number of rotatable bonds is 4. The van der Waals surface area contributed by atoms with Gasteiger partial charge in [-0.25, -0.2) is 0 Å². The predicted octanol–water partition coefficient (Wildman–Crippen LogP) is 2.38. The Morgan fingerprint density at radius 3 is 3.00 bits per heavy atom. The summed E-state index contributed by atoms with van der Waals surface area (Å²) < 4.78 is 0. The molecule has 0 radical (unpaired) electrons. The summed E-state index contributed by atoms with van der Waals surface area (Å²) in [5, 5.41) is 11.5. The normalized spacial score (nSPS) is 8.71. The van der Waals surface area contributed by atoms with Crippen molar-refractivity contribution in [2.75, 3.05) is 11.9 Å². The topological polar surface area (TPSA) is 35.8 Å². The van der Waals surface area contributed by atoms with Gasteiger partial charge in [-0.3, -0.25) is 0 Å². The lowest BCUT2D eigenvalue weighted by atomic mass is 10.2. The fraction of sp³-hybridized carbons (Fsp3) is 0.250. The van der Waals surface area contributed by atoms with Crippen LogP contribution in [0.25, 0.3) is 0 Å². The van der Waals surface area contributed by atoms with Crippen molar-refractivity contribution in [3.05, 3.63) is 29.8 Å². The second-order valence-electron chi connectivity index (χ2n) is 2.91. The lowest BCUT2D eigenvalue weighted by Gasteiger charge is -2.04. The molecule has 1 aromatic carbocycles. The summed E-state index contributed by atoms with van der Waals surface area (Å²) in [6.45, 7) is 0.807. The van der Waals surface area contributed by atoms with Crippen LogP contribution in [-0.2, 0) is 0 Å². The van der Waals surface area contributed by atoms with E-state index in [0.29, 0.717) is 6.42 Å². The van der Waals surface area contributed by atoms with Crippen molar-refractivity contribution in [1.29, 1.82) is 5.26 Å². The zero-order chi connectivity index (χ0) is 10.2. The van der Waals surface area contributed by atoms with Crippen LogP contribution in [0, 0.1) is 23.7 Å². The summed E-state index contributed by atoms with van der Waals surface area (Å²) in [7, 11) is 0. The number of nitriles is 1. The molecule has 0 unspecified atom stereocenters. The molecule has 0 aliphatic heterocycles. The Balaban J connectivity index is 2.44. The minimum absolute atomic E-state index is 0.585. The lowest BCUT2D eigenvalue weighted by molar-refractivity contribution is 0.897. The lowest BCUT2D eigenvalue weighted by Crippen LogP contribution is -2.00. The van der Waals surface area contributed by atoms with E-state index in [2.05, 4.69) is 17.3 Å². The summed E-state index contributed by atoms with van der Waals surface area (Å²) in [5.74, 6) is 2.58. The van der Waals surface area contributed by atoms with Crippen LogP contribution in [0.1, 0.15) is 18.4 Å². The zero-order valence-electron chi connectivity index (χ0n) is 7.96. The molecule has 1 aromatic rings. The molecule has 1 N–H and O–H groups in total. The first-order chi connectivity index (χ1) is 6.86. The van der Waals surface area contributed by atoms with Crippen molar-refractivity contribution >= 4 is 5.69 Å². The van der Waals surface area contributed by atoms with Gasteiger partial charge in [0.15, 0.2) is 0 Å². The molecule has 14 heavy (non-hydrogen) atoms. The maximum absolute atomic E-state index is 8.34. The predicted molar refractivity (Wildman–Crippen MR) is 57.7 cm³/mol. The highest BCUT2D eigenvalue weighted by atomic mass is 14.9. The number of nitrogens with zero attached hydrogens (tertiary/aromatic N) is 1. The van der Waals surface area contributed by atoms with Crippen LogP contribution >= 0.6 is 0 Å². The molecule has 0 aromatic heterocycles. The maximum atomic E-state index is 8.34. The van der Waals surface area contributed by atoms with E-state index in [0.717, 1.165) is 24.2 Å². The number of hydrogen-bond donors (Lipinski definition) is 1. The molecule has 2 heteroatoms. The first-order valence-electron chi connectivity index (χ1n) is 4.54. The summed E-state index contributed by atoms with van der Waals surface area (Å²) in [6, 6.07) is 9.80. The van der Waals surface area contributed by atoms with Gasteiger partial charge in [-0.1, -0.05) is 12.0 Å². The Morgan fingerprint density at radius 1 is 1.43 bits per heavy atom. The molecule has 70 valence electrons. The van der Waals surface area contributed by atoms with E-state index < -0.39 is 0 Å². The molecular weight excluding hydrogens is 172 g/mol. The summed E-state index contributed by atoms with van der Waals surface area (Å²) >= 11 is 0. The Kier molecular flexibility index (Phi) is 4.11. The second-order valence-corrected chi connectivity index (χ2v) is 2.91. The number of terminal acetylenes is 1. The fourth-order valence-corrected chi connectivity index (χ4v) is 1.12. The van der Waals surface area contributed by atoms with Crippen LogP contribution in [0.2, 0.25) is 0 Å². The van der Waals surface area contributed by atoms with Gasteiger partial charge in [-0.15, -0.1) is 6.42 Å². The Labute approximate surface area is 84.6 Å². The van der Waals surface area contributed by atoms with Crippen LogP contribution in [0.5, 0.6) is 0 Å². The van der Waals surface area contributed by atoms with Gasteiger partial charge in [0, 0.05) is 24.2 Å². The van der Waals surface area contributed by atoms with Crippen LogP contribution < -0.4 is 5.32 Å². The van der Waals surface area contributed by atoms with Crippen LogP contribution in [0.3, 0.4) is 0 Å². The van der Waals surface area contributed by atoms with Crippen LogP contribution in [-0.4, -0.2) is 6.54 Å². The second kappa shape index (κ2) is 5.67. The van der Waals surface area contributed by atoms with Crippen LogP contribution in [0.15, 0.2) is 24.3 Å². The van der Waals surface area contributed by atoms with Gasteiger partial charge in [0.2, 0.25) is 0 Å². The summed E-state index contributed by atoms with van der Waals surface area (Å²) in [6.07, 6.45) is 6.72. The van der Waals surface area contributed by atoms with E-state index in [-0.39, 0.29) is 0 Å². The Bertz CT molecular complexity index is 369. The minimum Gasteiger partial charge on any atom is -0.385 e. The summed E-state index contributed by atoms with van der Waals surface area (Å²) in [5.41, 5.74) is 1.88. The van der Waals surface area contributed by atoms with Gasteiger partial charge in [0.05, 0.1) is 6.07 Å². The molecule has 1 rings (SSSR count). The molecule has 0 saturated carbocycles. The molecular formula is C12H12N2. The third-order valence-corrected chi connectivity index (χ3v) is 1.82. The van der Waals surface area contributed by atoms with Gasteiger partial charge < -0.3 is 5.32 Å². The van der Waals surface area contributed by atoms with Gasteiger partial charge in [-0.05, 0) is 24.6 Å². The maximum Gasteiger partial charge on any atom is 0.0622 e. The standard InChI is InChI=1S/C12H12N2/c1-2-11-6-5-7-12(10-11)14-9-4-3-8-13/h1,5-7,10,14H,3-4,9H2. The smallest absolute Gasteiger partial charge is 0.0622 e. The van der Waals surface area contributed by atoms with Crippen LogP contribution in [0.4, 0.5) is 5.69 Å². The molecule has 2 nitrogen and oxygen atoms in total. The van der Waals surface area contributed by atoms with E-state index in [9.17, 15) is 0 Å². The monoisotopic (exact) mass is 184 g/mol. The van der Waals surface area contributed by atoms with Gasteiger partial charge in [-0.2, -0.15) is 5.26 Å². The number of benzene rings is 1. The first kappa shape index (κ1) is 10.2. The largest absolute Gasteiger partial charge is 0.385 e. The molecule has 0 spiro atoms. The van der Waals surface area contributed by atoms with Crippen molar-refractivity contribution in [2.45, 2.75) is 12.8 Å². The number of anilines is 1. The van der Waals surface area contributed by atoms with E-state index in [4.69, 9.17) is 11.7 Å². The molecule has 0 amide bonds. The molecule has 0 aliphatic rings. The molecule has 0 heterocycles. The van der Waals surface area contributed by atoms with Gasteiger partial charge >= 0.3 is 0 Å². The minimum atomic E-state index is 0.585. The highest BCUT2D eigenvalue weighted by Crippen LogP contribution is 2.09. The Morgan fingerprint density at radius 2 is 2.29 bits per heavy atom. The van der Waals surface area contributed by atoms with Crippen molar-refractivity contribution in [3.63, 3.8) is 0 Å². The number of unbranched alkanes of at least 4 members (excludes halogenated alkanes) is 1. The number of nitrogens with one attached hydrogen (secondary N) is 1. The zero-order valence-corrected chi connectivity index (χ0v) is 7.96. The highest BCUT2D eigenvalue weighted by Gasteiger charge is 1.92. The van der Waals surface area contributed by atoms with Crippen molar-refractivity contribution in [1.82, 2.24) is 0 Å². The highest BCUT2D eigenvalue weighted by molar-refractivity contribution is 5.49. The average Bonchev–Trinajstić information content (AvgIpc) is 2.25. The summed E-state index contributed by atoms with van der Waals surface area (Å²) in [4.78, 5) is 0. The fourth-order valence-electron chi connectivity index (χ4n) is 1.12. The van der Waals surface area contributed by atoms with E-state index in [1.165, 1.54) is 0 Å². The quantitative estimate of drug-likeness (QED) is 0.576. The SMILES string of the molecule is C#Cc1cccc(NCCCC#N)c1. The van der Waals surface area contributed by atoms with Gasteiger partial charge in [0.25, 0.3) is 0 Å². The van der Waals surface area contributed by atoms with Crippen molar-refractivity contribution in [3.8, 4) is 18.4 Å². The average molecular weight is 184 g/mol. The molecule has 0 fully saturated rings. The Hall–Kier alpha value is -1.93. The third kappa shape index (κ3) is 3.21. The molecule has 0 atom stereocenters. The van der Waals surface area contributed by atoms with Crippen molar-refractivity contribution in [2.24, 2.45) is 0 Å². The third-order valence-electron chi connectivity index (χ3n) is 1.82. The van der Waals surface area contributed by atoms with Gasteiger partial charge in [0.1, 0.15) is 0 Å². The molecule has 0 aliphatic carbocycles. The number of hydrogen-bond acceptors (Lipinski definition) is 2. The van der Waals surface area contributed by atoms with Crippen molar-refractivity contribution < 1.29 is 0 Å². The van der Waals surface area contributed by atoms with E-state index in [1.807, 2.05) is 24.3 Å². The van der Waals surface area contributed by atoms with E-state index in [1.54, 1.807) is 0 Å². The molecule has 0 bridgehead atoms. The first-order valence-corrected chi connectivity index (χ1v) is 4.54.